The average molecular weight is 396 g/mol. The van der Waals surface area contributed by atoms with E-state index in [4.69, 9.17) is 5.11 Å². The van der Waals surface area contributed by atoms with Gasteiger partial charge < -0.3 is 10.4 Å². The van der Waals surface area contributed by atoms with Crippen molar-refractivity contribution < 1.29 is 14.7 Å². The van der Waals surface area contributed by atoms with Crippen LogP contribution in [0.4, 0.5) is 0 Å². The largest absolute Gasteiger partial charge is 0.481 e. The van der Waals surface area contributed by atoms with Gasteiger partial charge in [0.2, 0.25) is 5.91 Å². The first kappa shape index (κ1) is 17.7. The Kier molecular flexibility index (Phi) is 6.80. The van der Waals surface area contributed by atoms with Crippen LogP contribution < -0.4 is 5.32 Å². The van der Waals surface area contributed by atoms with E-state index in [1.54, 1.807) is 11.3 Å². The summed E-state index contributed by atoms with van der Waals surface area (Å²) in [5.41, 5.74) is 0.811. The topological polar surface area (TPSA) is 66.4 Å². The molecule has 1 heterocycles. The van der Waals surface area contributed by atoms with Crippen LogP contribution in [-0.2, 0) is 16.0 Å². The number of hydrogen-bond donors (Lipinski definition) is 2. The number of aryl methyl sites for hydroxylation is 1. The van der Waals surface area contributed by atoms with Crippen LogP contribution in [0.1, 0.15) is 35.7 Å². The highest BCUT2D eigenvalue weighted by Gasteiger charge is 2.17. The van der Waals surface area contributed by atoms with Gasteiger partial charge in [0.15, 0.2) is 0 Å². The molecule has 0 aliphatic rings. The molecule has 1 aromatic carbocycles. The van der Waals surface area contributed by atoms with Gasteiger partial charge in [0.25, 0.3) is 0 Å². The molecule has 0 radical (unpaired) electrons. The Balaban J connectivity index is 1.86. The van der Waals surface area contributed by atoms with Gasteiger partial charge in [-0.05, 0) is 46.5 Å². The molecule has 0 spiro atoms. The summed E-state index contributed by atoms with van der Waals surface area (Å²) in [5, 5.41) is 11.9. The molecule has 122 valence electrons. The predicted molar refractivity (Wildman–Crippen MR) is 94.5 cm³/mol. The minimum atomic E-state index is -0.928. The highest BCUT2D eigenvalue weighted by molar-refractivity contribution is 9.11. The lowest BCUT2D eigenvalue weighted by Crippen LogP contribution is -2.30. The number of carbonyl (C=O) groups is 2. The molecule has 0 bridgehead atoms. The minimum Gasteiger partial charge on any atom is -0.481 e. The van der Waals surface area contributed by atoms with Crippen LogP contribution in [0.2, 0.25) is 0 Å². The molecule has 23 heavy (non-hydrogen) atoms. The standard InChI is InChI=1S/C17H18BrNO3S/c18-15-10-9-13(23-15)7-4-8-16(20)19-14(11-17(21)22)12-5-2-1-3-6-12/h1-3,5-6,9-10,14H,4,7-8,11H2,(H,19,20)(H,21,22). The van der Waals surface area contributed by atoms with Gasteiger partial charge >= 0.3 is 5.97 Å². The van der Waals surface area contributed by atoms with Gasteiger partial charge in [-0.2, -0.15) is 0 Å². The van der Waals surface area contributed by atoms with Gasteiger partial charge in [-0.1, -0.05) is 30.3 Å². The van der Waals surface area contributed by atoms with Gasteiger partial charge in [0.1, 0.15) is 0 Å². The van der Waals surface area contributed by atoms with E-state index in [2.05, 4.69) is 21.2 Å². The molecule has 0 aliphatic carbocycles. The molecule has 2 aromatic rings. The van der Waals surface area contributed by atoms with Crippen molar-refractivity contribution in [2.75, 3.05) is 0 Å². The summed E-state index contributed by atoms with van der Waals surface area (Å²) in [6.07, 6.45) is 1.86. The predicted octanol–water partition coefficient (Wildman–Crippen LogP) is 4.17. The summed E-state index contributed by atoms with van der Waals surface area (Å²) in [4.78, 5) is 24.3. The lowest BCUT2D eigenvalue weighted by atomic mass is 10.0. The monoisotopic (exact) mass is 395 g/mol. The summed E-state index contributed by atoms with van der Waals surface area (Å²) in [7, 11) is 0. The molecule has 0 fully saturated rings. The summed E-state index contributed by atoms with van der Waals surface area (Å²) in [6.45, 7) is 0. The number of carboxylic acids is 1. The zero-order valence-electron chi connectivity index (χ0n) is 12.5. The molecule has 2 N–H and O–H groups in total. The molecule has 1 aromatic heterocycles. The number of benzene rings is 1. The highest BCUT2D eigenvalue weighted by Crippen LogP contribution is 2.23. The van der Waals surface area contributed by atoms with Gasteiger partial charge in [-0.15, -0.1) is 11.3 Å². The van der Waals surface area contributed by atoms with Crippen LogP contribution in [0, 0.1) is 0 Å². The van der Waals surface area contributed by atoms with Crippen molar-refractivity contribution >= 4 is 39.1 Å². The molecule has 4 nitrogen and oxygen atoms in total. The first-order valence-corrected chi connectivity index (χ1v) is 8.96. The van der Waals surface area contributed by atoms with E-state index in [0.717, 1.165) is 22.2 Å². The molecule has 6 heteroatoms. The van der Waals surface area contributed by atoms with E-state index in [9.17, 15) is 9.59 Å². The van der Waals surface area contributed by atoms with E-state index >= 15 is 0 Å². The fraction of sp³-hybridized carbons (Fsp3) is 0.294. The maximum atomic E-state index is 12.1. The number of nitrogens with one attached hydrogen (secondary N) is 1. The van der Waals surface area contributed by atoms with Crippen molar-refractivity contribution in [2.45, 2.75) is 31.7 Å². The number of halogens is 1. The lowest BCUT2D eigenvalue weighted by molar-refractivity contribution is -0.137. The third-order valence-corrected chi connectivity index (χ3v) is 5.06. The first-order chi connectivity index (χ1) is 11.0. The first-order valence-electron chi connectivity index (χ1n) is 7.35. The smallest absolute Gasteiger partial charge is 0.305 e. The van der Waals surface area contributed by atoms with Crippen LogP contribution >= 0.6 is 27.3 Å². The molecule has 1 atom stereocenters. The second-order valence-electron chi connectivity index (χ2n) is 5.19. The van der Waals surface area contributed by atoms with Crippen molar-refractivity contribution in [2.24, 2.45) is 0 Å². The fourth-order valence-corrected chi connectivity index (χ4v) is 3.81. The van der Waals surface area contributed by atoms with Crippen LogP contribution in [0.15, 0.2) is 46.3 Å². The third-order valence-electron chi connectivity index (χ3n) is 3.37. The summed E-state index contributed by atoms with van der Waals surface area (Å²) < 4.78 is 1.09. The summed E-state index contributed by atoms with van der Waals surface area (Å²) in [6, 6.07) is 12.8. The number of carboxylic acid groups (broad SMARTS) is 1. The molecule has 2 rings (SSSR count). The lowest BCUT2D eigenvalue weighted by Gasteiger charge is -2.17. The van der Waals surface area contributed by atoms with E-state index in [0.29, 0.717) is 6.42 Å². The number of thiophene rings is 1. The van der Waals surface area contributed by atoms with E-state index < -0.39 is 12.0 Å². The number of hydrogen-bond acceptors (Lipinski definition) is 3. The van der Waals surface area contributed by atoms with Gasteiger partial charge in [0.05, 0.1) is 16.2 Å². The van der Waals surface area contributed by atoms with Crippen LogP contribution in [0.3, 0.4) is 0 Å². The number of amides is 1. The van der Waals surface area contributed by atoms with Crippen molar-refractivity contribution in [3.63, 3.8) is 0 Å². The zero-order valence-corrected chi connectivity index (χ0v) is 14.9. The summed E-state index contributed by atoms with van der Waals surface area (Å²) in [5.74, 6) is -1.04. The highest BCUT2D eigenvalue weighted by atomic mass is 79.9. The third kappa shape index (κ3) is 6.15. The minimum absolute atomic E-state index is 0.115. The Morgan fingerprint density at radius 1 is 1.17 bits per heavy atom. The summed E-state index contributed by atoms with van der Waals surface area (Å²) >= 11 is 5.08. The number of carbonyl (C=O) groups excluding carboxylic acids is 1. The Bertz CT molecular complexity index is 657. The quantitative estimate of drug-likeness (QED) is 0.704. The van der Waals surface area contributed by atoms with Crippen LogP contribution in [0.5, 0.6) is 0 Å². The van der Waals surface area contributed by atoms with E-state index in [-0.39, 0.29) is 12.3 Å². The maximum absolute atomic E-state index is 12.1. The van der Waals surface area contributed by atoms with Crippen molar-refractivity contribution in [3.05, 3.63) is 56.7 Å². The second kappa shape index (κ2) is 8.84. The Labute approximate surface area is 147 Å². The van der Waals surface area contributed by atoms with Crippen molar-refractivity contribution in [1.29, 1.82) is 0 Å². The molecule has 0 aliphatic heterocycles. The normalized spacial score (nSPS) is 11.9. The van der Waals surface area contributed by atoms with Gasteiger partial charge in [-0.25, -0.2) is 0 Å². The number of aliphatic carboxylic acids is 1. The Morgan fingerprint density at radius 3 is 2.52 bits per heavy atom. The molecule has 0 saturated heterocycles. The molecule has 0 saturated carbocycles. The zero-order chi connectivity index (χ0) is 16.7. The maximum Gasteiger partial charge on any atom is 0.305 e. The van der Waals surface area contributed by atoms with Gasteiger partial charge in [0, 0.05) is 11.3 Å². The molecule has 1 unspecified atom stereocenters. The van der Waals surface area contributed by atoms with Crippen molar-refractivity contribution in [1.82, 2.24) is 5.32 Å². The van der Waals surface area contributed by atoms with Crippen molar-refractivity contribution in [3.8, 4) is 0 Å². The van der Waals surface area contributed by atoms with Gasteiger partial charge in [-0.3, -0.25) is 9.59 Å². The molecular weight excluding hydrogens is 378 g/mol. The molecular formula is C17H18BrNO3S. The Morgan fingerprint density at radius 2 is 1.91 bits per heavy atom. The van der Waals surface area contributed by atoms with E-state index in [1.165, 1.54) is 4.88 Å². The van der Waals surface area contributed by atoms with Crippen LogP contribution in [0.25, 0.3) is 0 Å². The van der Waals surface area contributed by atoms with Crippen LogP contribution in [-0.4, -0.2) is 17.0 Å². The average Bonchev–Trinajstić information content (AvgIpc) is 2.92. The number of rotatable bonds is 8. The van der Waals surface area contributed by atoms with E-state index in [1.807, 2.05) is 42.5 Å². The second-order valence-corrected chi connectivity index (χ2v) is 7.74. The SMILES string of the molecule is O=C(O)CC(NC(=O)CCCc1ccc(Br)s1)c1ccccc1. The molecule has 1 amide bonds. The fourth-order valence-electron chi connectivity index (χ4n) is 2.29. The Hall–Kier alpha value is -1.66.